The Morgan fingerprint density at radius 3 is 2.84 bits per heavy atom. The molecule has 3 rings (SSSR count). The van der Waals surface area contributed by atoms with Crippen LogP contribution in [0.3, 0.4) is 0 Å². The molecule has 0 saturated heterocycles. The number of thioether (sulfide) groups is 1. The van der Waals surface area contributed by atoms with Gasteiger partial charge in [0.15, 0.2) is 5.16 Å². The lowest BCUT2D eigenvalue weighted by Crippen LogP contribution is -2.34. The summed E-state index contributed by atoms with van der Waals surface area (Å²) in [6.07, 6.45) is 5.91. The van der Waals surface area contributed by atoms with E-state index < -0.39 is 10.6 Å². The highest BCUT2D eigenvalue weighted by Crippen LogP contribution is 2.37. The molecule has 0 aliphatic carbocycles. The summed E-state index contributed by atoms with van der Waals surface area (Å²) < 4.78 is 10.8. The summed E-state index contributed by atoms with van der Waals surface area (Å²) in [4.78, 5) is 30.7. The standard InChI is InChI=1S/C20H22ClN5O5S/c1-3-30-15(27)6-5-12-9-13(18-22-7-4-8-23-18)11-14(10-12)31-19-16(26(28)29)17(21)24-20(25-19)32-2/h4,7,9-11,18,22-23H,3,5-6,8H2,1-2H3. The topological polar surface area (TPSA) is 129 Å². The first kappa shape index (κ1) is 23.8. The Bertz CT molecular complexity index is 1040. The molecule has 2 N–H and O–H groups in total. The van der Waals surface area contributed by atoms with E-state index in [-0.39, 0.29) is 34.7 Å². The predicted molar refractivity (Wildman–Crippen MR) is 120 cm³/mol. The molecule has 0 spiro atoms. The van der Waals surface area contributed by atoms with Crippen molar-refractivity contribution in [2.24, 2.45) is 0 Å². The van der Waals surface area contributed by atoms with E-state index in [0.29, 0.717) is 25.3 Å². The molecule has 170 valence electrons. The summed E-state index contributed by atoms with van der Waals surface area (Å²) in [5.74, 6) is -0.234. The second-order valence-electron chi connectivity index (χ2n) is 6.64. The molecular weight excluding hydrogens is 458 g/mol. The number of aryl methyl sites for hydroxylation is 1. The molecule has 2 aromatic rings. The van der Waals surface area contributed by atoms with Crippen molar-refractivity contribution in [3.63, 3.8) is 0 Å². The molecule has 1 aromatic carbocycles. The number of hydrogen-bond acceptors (Lipinski definition) is 10. The van der Waals surface area contributed by atoms with Gasteiger partial charge in [0.2, 0.25) is 5.15 Å². The van der Waals surface area contributed by atoms with E-state index in [1.165, 1.54) is 11.8 Å². The lowest BCUT2D eigenvalue weighted by atomic mass is 10.0. The first-order chi connectivity index (χ1) is 15.4. The minimum absolute atomic E-state index is 0.193. The summed E-state index contributed by atoms with van der Waals surface area (Å²) in [5.41, 5.74) is 1.12. The summed E-state index contributed by atoms with van der Waals surface area (Å²) in [6, 6.07) is 5.39. The van der Waals surface area contributed by atoms with Crippen molar-refractivity contribution in [2.45, 2.75) is 31.1 Å². The molecule has 2 heterocycles. The van der Waals surface area contributed by atoms with Gasteiger partial charge in [0.1, 0.15) is 11.9 Å². The van der Waals surface area contributed by atoms with E-state index in [1.807, 2.05) is 18.3 Å². The van der Waals surface area contributed by atoms with E-state index in [0.717, 1.165) is 11.1 Å². The fourth-order valence-electron chi connectivity index (χ4n) is 3.04. The zero-order valence-corrected chi connectivity index (χ0v) is 19.0. The number of halogens is 1. The fourth-order valence-corrected chi connectivity index (χ4v) is 3.67. The number of benzene rings is 1. The highest BCUT2D eigenvalue weighted by molar-refractivity contribution is 7.98. The van der Waals surface area contributed by atoms with E-state index in [1.54, 1.807) is 25.3 Å². The first-order valence-electron chi connectivity index (χ1n) is 9.79. The van der Waals surface area contributed by atoms with Crippen LogP contribution in [0.15, 0.2) is 35.6 Å². The summed E-state index contributed by atoms with van der Waals surface area (Å²) in [5, 5.41) is 18.0. The number of nitro groups is 1. The molecule has 1 unspecified atom stereocenters. The SMILES string of the molecule is CCOC(=O)CCc1cc(Oc2nc(SC)nc(Cl)c2[N+](=O)[O-])cc(C2NC=CCN2)c1. The van der Waals surface area contributed by atoms with Crippen LogP contribution in [-0.4, -0.2) is 40.3 Å². The minimum atomic E-state index is -0.678. The third-order valence-electron chi connectivity index (χ3n) is 4.43. The third kappa shape index (κ3) is 6.09. The van der Waals surface area contributed by atoms with E-state index in [2.05, 4.69) is 20.6 Å². The van der Waals surface area contributed by atoms with Crippen molar-refractivity contribution >= 4 is 35.0 Å². The van der Waals surface area contributed by atoms with Gasteiger partial charge in [-0.2, -0.15) is 4.98 Å². The average molecular weight is 480 g/mol. The second-order valence-corrected chi connectivity index (χ2v) is 7.77. The van der Waals surface area contributed by atoms with Crippen LogP contribution in [0, 0.1) is 10.1 Å². The van der Waals surface area contributed by atoms with Crippen molar-refractivity contribution in [3.05, 3.63) is 56.9 Å². The molecule has 1 aliphatic rings. The number of carbonyl (C=O) groups is 1. The minimum Gasteiger partial charge on any atom is -0.466 e. The molecule has 0 fully saturated rings. The normalized spacial score (nSPS) is 15.2. The number of hydrogen-bond donors (Lipinski definition) is 2. The molecule has 1 aromatic heterocycles. The molecule has 0 radical (unpaired) electrons. The van der Waals surface area contributed by atoms with Crippen molar-refractivity contribution in [2.75, 3.05) is 19.4 Å². The maximum atomic E-state index is 11.8. The van der Waals surface area contributed by atoms with E-state index >= 15 is 0 Å². The number of carbonyl (C=O) groups excluding carboxylic acids is 1. The van der Waals surface area contributed by atoms with Crippen molar-refractivity contribution in [1.29, 1.82) is 0 Å². The summed E-state index contributed by atoms with van der Waals surface area (Å²) >= 11 is 7.19. The maximum Gasteiger partial charge on any atom is 0.368 e. The summed E-state index contributed by atoms with van der Waals surface area (Å²) in [6.45, 7) is 2.73. The molecule has 32 heavy (non-hydrogen) atoms. The monoisotopic (exact) mass is 479 g/mol. The van der Waals surface area contributed by atoms with Crippen molar-refractivity contribution in [1.82, 2.24) is 20.6 Å². The Labute approximate surface area is 193 Å². The largest absolute Gasteiger partial charge is 0.466 e. The fraction of sp³-hybridized carbons (Fsp3) is 0.350. The number of nitrogens with one attached hydrogen (secondary N) is 2. The van der Waals surface area contributed by atoms with Crippen LogP contribution in [0.1, 0.15) is 30.6 Å². The van der Waals surface area contributed by atoms with Gasteiger partial charge in [-0.25, -0.2) is 4.98 Å². The highest BCUT2D eigenvalue weighted by Gasteiger charge is 2.26. The van der Waals surface area contributed by atoms with Crippen LogP contribution in [0.2, 0.25) is 5.15 Å². The molecule has 0 bridgehead atoms. The van der Waals surface area contributed by atoms with Gasteiger partial charge in [-0.05, 0) is 49.1 Å². The molecular formula is C20H22ClN5O5S. The van der Waals surface area contributed by atoms with Crippen LogP contribution in [0.25, 0.3) is 0 Å². The van der Waals surface area contributed by atoms with Gasteiger partial charge in [0.05, 0.1) is 11.5 Å². The highest BCUT2D eigenvalue weighted by atomic mass is 35.5. The number of ether oxygens (including phenoxy) is 2. The molecule has 1 atom stereocenters. The molecule has 10 nitrogen and oxygen atoms in total. The van der Waals surface area contributed by atoms with Gasteiger partial charge in [-0.3, -0.25) is 20.2 Å². The smallest absolute Gasteiger partial charge is 0.368 e. The molecule has 0 saturated carbocycles. The number of nitrogens with zero attached hydrogens (tertiary/aromatic N) is 3. The van der Waals surface area contributed by atoms with Gasteiger partial charge in [0.25, 0.3) is 0 Å². The first-order valence-corrected chi connectivity index (χ1v) is 11.4. The van der Waals surface area contributed by atoms with E-state index in [4.69, 9.17) is 21.1 Å². The van der Waals surface area contributed by atoms with Crippen LogP contribution in [0.5, 0.6) is 11.6 Å². The Morgan fingerprint density at radius 1 is 1.38 bits per heavy atom. The molecule has 1 aliphatic heterocycles. The second kappa shape index (κ2) is 11.1. The van der Waals surface area contributed by atoms with E-state index in [9.17, 15) is 14.9 Å². The van der Waals surface area contributed by atoms with Gasteiger partial charge in [-0.15, -0.1) is 0 Å². The Morgan fingerprint density at radius 2 is 2.19 bits per heavy atom. The van der Waals surface area contributed by atoms with Gasteiger partial charge in [-0.1, -0.05) is 35.5 Å². The quantitative estimate of drug-likeness (QED) is 0.137. The lowest BCUT2D eigenvalue weighted by molar-refractivity contribution is -0.386. The van der Waals surface area contributed by atoms with Crippen LogP contribution in [-0.2, 0) is 16.0 Å². The lowest BCUT2D eigenvalue weighted by Gasteiger charge is -2.23. The van der Waals surface area contributed by atoms with Crippen LogP contribution in [0.4, 0.5) is 5.69 Å². The average Bonchev–Trinajstić information content (AvgIpc) is 2.77. The number of esters is 1. The van der Waals surface area contributed by atoms with Crippen molar-refractivity contribution in [3.8, 4) is 11.6 Å². The number of aromatic nitrogens is 2. The Kier molecular flexibility index (Phi) is 8.26. The van der Waals surface area contributed by atoms with Crippen LogP contribution >= 0.6 is 23.4 Å². The van der Waals surface area contributed by atoms with Gasteiger partial charge < -0.3 is 14.8 Å². The van der Waals surface area contributed by atoms with Crippen LogP contribution < -0.4 is 15.4 Å². The predicted octanol–water partition coefficient (Wildman–Crippen LogP) is 3.75. The Balaban J connectivity index is 1.97. The molecule has 12 heteroatoms. The Hall–Kier alpha value is -2.89. The number of rotatable bonds is 9. The maximum absolute atomic E-state index is 11.8. The van der Waals surface area contributed by atoms with Gasteiger partial charge in [0, 0.05) is 13.0 Å². The van der Waals surface area contributed by atoms with Crippen molar-refractivity contribution < 1.29 is 19.2 Å². The molecule has 0 amide bonds. The zero-order valence-electron chi connectivity index (χ0n) is 17.5. The zero-order chi connectivity index (χ0) is 23.1. The van der Waals surface area contributed by atoms with Gasteiger partial charge >= 0.3 is 17.5 Å². The third-order valence-corrected chi connectivity index (χ3v) is 5.25. The summed E-state index contributed by atoms with van der Waals surface area (Å²) in [7, 11) is 0.